The van der Waals surface area contributed by atoms with E-state index >= 15 is 0 Å². The fourth-order valence-electron chi connectivity index (χ4n) is 2.99. The van der Waals surface area contributed by atoms with Crippen LogP contribution in [0.1, 0.15) is 39.6 Å². The number of aryl methyl sites for hydroxylation is 2. The van der Waals surface area contributed by atoms with Gasteiger partial charge in [-0.2, -0.15) is 0 Å². The zero-order valence-electron chi connectivity index (χ0n) is 13.6. The Kier molecular flexibility index (Phi) is 4.04. The maximum Gasteiger partial charge on any atom is 0.271 e. The van der Waals surface area contributed by atoms with Gasteiger partial charge in [0.15, 0.2) is 5.78 Å². The predicted molar refractivity (Wildman–Crippen MR) is 85.3 cm³/mol. The number of hydrogen-bond donors (Lipinski definition) is 1. The maximum atomic E-state index is 13.0. The van der Waals surface area contributed by atoms with Gasteiger partial charge < -0.3 is 19.4 Å². The zero-order valence-corrected chi connectivity index (χ0v) is 13.6. The fourth-order valence-corrected chi connectivity index (χ4v) is 2.99. The number of Topliss-reactive ketones (excluding diaryl/α,β-unsaturated/α-hetero) is 1. The molecule has 23 heavy (non-hydrogen) atoms. The van der Waals surface area contributed by atoms with Crippen LogP contribution in [0.3, 0.4) is 0 Å². The Morgan fingerprint density at radius 1 is 1.30 bits per heavy atom. The van der Waals surface area contributed by atoms with Gasteiger partial charge in [-0.1, -0.05) is 0 Å². The van der Waals surface area contributed by atoms with Crippen molar-refractivity contribution in [2.45, 2.75) is 13.0 Å². The third-order valence-electron chi connectivity index (χ3n) is 4.29. The molecule has 0 aromatic carbocycles. The predicted octanol–water partition coefficient (Wildman–Crippen LogP) is 0.748. The van der Waals surface area contributed by atoms with Crippen molar-refractivity contribution in [2.75, 3.05) is 19.6 Å². The number of hydrogen-bond acceptors (Lipinski definition) is 4. The van der Waals surface area contributed by atoms with Crippen LogP contribution < -0.4 is 5.32 Å². The van der Waals surface area contributed by atoms with Crippen molar-refractivity contribution in [3.8, 4) is 0 Å². The first kappa shape index (κ1) is 15.5. The molecule has 3 rings (SSSR count). The van der Waals surface area contributed by atoms with Crippen LogP contribution in [0.4, 0.5) is 0 Å². The smallest absolute Gasteiger partial charge is 0.271 e. The number of nitrogens with one attached hydrogen (secondary N) is 1. The Bertz CT molecular complexity index is 745. The van der Waals surface area contributed by atoms with E-state index in [4.69, 9.17) is 0 Å². The summed E-state index contributed by atoms with van der Waals surface area (Å²) in [5, 5.41) is 3.32. The lowest BCUT2D eigenvalue weighted by Crippen LogP contribution is -2.49. The summed E-state index contributed by atoms with van der Waals surface area (Å²) in [5.74, 6) is 0.738. The fraction of sp³-hybridized carbons (Fsp3) is 0.438. The minimum absolute atomic E-state index is 0.0411. The standard InChI is InChI=1S/C16H21N5O2/c1-11(22)12-8-13(20(3)10-12)16(23)21-7-4-17-9-14(21)15-18-5-6-19(15)2/h5-6,8,10,14,17H,4,7,9H2,1-3H3. The average Bonchev–Trinajstić information content (AvgIpc) is 3.12. The lowest BCUT2D eigenvalue weighted by Gasteiger charge is -2.35. The van der Waals surface area contributed by atoms with E-state index in [0.29, 0.717) is 24.3 Å². The summed E-state index contributed by atoms with van der Waals surface area (Å²) in [6.45, 7) is 3.53. The number of amides is 1. The lowest BCUT2D eigenvalue weighted by atomic mass is 10.1. The number of aromatic nitrogens is 3. The van der Waals surface area contributed by atoms with Crippen LogP contribution in [0.2, 0.25) is 0 Å². The van der Waals surface area contributed by atoms with Crippen molar-refractivity contribution in [3.63, 3.8) is 0 Å². The third kappa shape index (κ3) is 2.79. The van der Waals surface area contributed by atoms with Gasteiger partial charge in [0.05, 0.1) is 0 Å². The summed E-state index contributed by atoms with van der Waals surface area (Å²) in [6.07, 6.45) is 5.32. The number of imidazole rings is 1. The van der Waals surface area contributed by atoms with Crippen molar-refractivity contribution in [3.05, 3.63) is 41.7 Å². The molecule has 0 spiro atoms. The molecule has 0 bridgehead atoms. The largest absolute Gasteiger partial charge is 0.346 e. The van der Waals surface area contributed by atoms with Crippen molar-refractivity contribution in [1.82, 2.24) is 24.3 Å². The second-order valence-electron chi connectivity index (χ2n) is 5.90. The van der Waals surface area contributed by atoms with Crippen LogP contribution in [0.15, 0.2) is 24.7 Å². The van der Waals surface area contributed by atoms with Gasteiger partial charge in [-0.3, -0.25) is 9.59 Å². The van der Waals surface area contributed by atoms with E-state index in [2.05, 4.69) is 10.3 Å². The molecule has 2 aromatic rings. The molecule has 7 nitrogen and oxygen atoms in total. The summed E-state index contributed by atoms with van der Waals surface area (Å²) in [7, 11) is 3.72. The summed E-state index contributed by atoms with van der Waals surface area (Å²) < 4.78 is 3.65. The molecule has 1 saturated heterocycles. The van der Waals surface area contributed by atoms with Gasteiger partial charge in [0.1, 0.15) is 17.6 Å². The number of piperazine rings is 1. The Labute approximate surface area is 134 Å². The summed E-state index contributed by atoms with van der Waals surface area (Å²) in [4.78, 5) is 30.8. The lowest BCUT2D eigenvalue weighted by molar-refractivity contribution is 0.0611. The van der Waals surface area contributed by atoms with Gasteiger partial charge in [-0.25, -0.2) is 4.98 Å². The van der Waals surface area contributed by atoms with Gasteiger partial charge in [-0.15, -0.1) is 0 Å². The molecule has 1 N–H and O–H groups in total. The van der Waals surface area contributed by atoms with Gasteiger partial charge in [0.25, 0.3) is 5.91 Å². The summed E-state index contributed by atoms with van der Waals surface area (Å²) in [6, 6.07) is 1.55. The van der Waals surface area contributed by atoms with E-state index in [1.54, 1.807) is 30.1 Å². The molecule has 122 valence electrons. The highest BCUT2D eigenvalue weighted by Gasteiger charge is 2.32. The van der Waals surface area contributed by atoms with Crippen LogP contribution in [0, 0.1) is 0 Å². The highest BCUT2D eigenvalue weighted by Crippen LogP contribution is 2.23. The minimum Gasteiger partial charge on any atom is -0.346 e. The second-order valence-corrected chi connectivity index (χ2v) is 5.90. The first-order chi connectivity index (χ1) is 11.0. The van der Waals surface area contributed by atoms with Crippen molar-refractivity contribution in [2.24, 2.45) is 14.1 Å². The molecule has 1 unspecified atom stereocenters. The molecule has 1 amide bonds. The van der Waals surface area contributed by atoms with Gasteiger partial charge in [0.2, 0.25) is 0 Å². The van der Waals surface area contributed by atoms with E-state index in [1.807, 2.05) is 22.7 Å². The summed E-state index contributed by atoms with van der Waals surface area (Å²) >= 11 is 0. The molecule has 7 heteroatoms. The van der Waals surface area contributed by atoms with Crippen LogP contribution in [0.5, 0.6) is 0 Å². The number of rotatable bonds is 3. The molecule has 0 saturated carbocycles. The maximum absolute atomic E-state index is 13.0. The zero-order chi connectivity index (χ0) is 16.6. The van der Waals surface area contributed by atoms with Crippen molar-refractivity contribution < 1.29 is 9.59 Å². The van der Waals surface area contributed by atoms with Crippen molar-refractivity contribution >= 4 is 11.7 Å². The van der Waals surface area contributed by atoms with Crippen molar-refractivity contribution in [1.29, 1.82) is 0 Å². The quantitative estimate of drug-likeness (QED) is 0.848. The monoisotopic (exact) mass is 315 g/mol. The highest BCUT2D eigenvalue weighted by atomic mass is 16.2. The summed E-state index contributed by atoms with van der Waals surface area (Å²) in [5.41, 5.74) is 1.08. The van der Waals surface area contributed by atoms with Gasteiger partial charge >= 0.3 is 0 Å². The molecule has 0 aliphatic carbocycles. The van der Waals surface area contributed by atoms with Crippen LogP contribution in [0.25, 0.3) is 0 Å². The molecule has 2 aromatic heterocycles. The second kappa shape index (κ2) is 6.00. The molecule has 1 aliphatic heterocycles. The minimum atomic E-state index is -0.119. The highest BCUT2D eigenvalue weighted by molar-refractivity contribution is 5.99. The van der Waals surface area contributed by atoms with Gasteiger partial charge in [0, 0.05) is 57.9 Å². The molecule has 0 radical (unpaired) electrons. The van der Waals surface area contributed by atoms with E-state index < -0.39 is 0 Å². The molecule has 3 heterocycles. The topological polar surface area (TPSA) is 72.2 Å². The number of ketones is 1. The van der Waals surface area contributed by atoms with Crippen LogP contribution >= 0.6 is 0 Å². The number of carbonyl (C=O) groups excluding carboxylic acids is 2. The van der Waals surface area contributed by atoms with E-state index in [1.165, 1.54) is 6.92 Å². The van der Waals surface area contributed by atoms with E-state index in [0.717, 1.165) is 12.4 Å². The first-order valence-corrected chi connectivity index (χ1v) is 7.65. The Morgan fingerprint density at radius 2 is 2.09 bits per heavy atom. The SMILES string of the molecule is CC(=O)c1cc(C(=O)N2CCNCC2c2nccn2C)n(C)c1. The normalized spacial score (nSPS) is 18.2. The molecular formula is C16H21N5O2. The van der Waals surface area contributed by atoms with Gasteiger partial charge in [-0.05, 0) is 13.0 Å². The first-order valence-electron chi connectivity index (χ1n) is 7.65. The Hall–Kier alpha value is -2.41. The molecular weight excluding hydrogens is 294 g/mol. The molecule has 1 fully saturated rings. The Balaban J connectivity index is 1.93. The molecule has 1 atom stereocenters. The molecule has 1 aliphatic rings. The number of nitrogens with zero attached hydrogens (tertiary/aromatic N) is 4. The van der Waals surface area contributed by atoms with E-state index in [-0.39, 0.29) is 17.7 Å². The Morgan fingerprint density at radius 3 is 2.70 bits per heavy atom. The number of carbonyl (C=O) groups is 2. The van der Waals surface area contributed by atoms with Crippen LogP contribution in [-0.4, -0.2) is 50.3 Å². The average molecular weight is 315 g/mol. The van der Waals surface area contributed by atoms with Crippen LogP contribution in [-0.2, 0) is 14.1 Å². The third-order valence-corrected chi connectivity index (χ3v) is 4.29. The van der Waals surface area contributed by atoms with E-state index in [9.17, 15) is 9.59 Å².